The van der Waals surface area contributed by atoms with Crippen molar-refractivity contribution in [2.24, 2.45) is 0 Å². The molecule has 0 spiro atoms. The summed E-state index contributed by atoms with van der Waals surface area (Å²) >= 11 is 0. The fourth-order valence-electron chi connectivity index (χ4n) is 2.54. The van der Waals surface area contributed by atoms with Gasteiger partial charge >= 0.3 is 17.9 Å². The Bertz CT molecular complexity index is 856. The summed E-state index contributed by atoms with van der Waals surface area (Å²) in [7, 11) is 0. The minimum Gasteiger partial charge on any atom is -0.466 e. The fourth-order valence-corrected chi connectivity index (χ4v) is 2.54. The molecule has 2 aromatic carbocycles. The number of hydrogen-bond acceptors (Lipinski definition) is 7. The average Bonchev–Trinajstić information content (AvgIpc) is 2.72. The zero-order chi connectivity index (χ0) is 21.2. The summed E-state index contributed by atoms with van der Waals surface area (Å²) in [5, 5.41) is 0. The second-order valence-electron chi connectivity index (χ2n) is 6.08. The van der Waals surface area contributed by atoms with Crippen LogP contribution in [0.15, 0.2) is 54.6 Å². The number of carbonyl (C=O) groups is 4. The number of ketones is 1. The van der Waals surface area contributed by atoms with Crippen LogP contribution in [0.4, 0.5) is 0 Å². The Morgan fingerprint density at radius 3 is 2.07 bits per heavy atom. The highest BCUT2D eigenvalue weighted by Crippen LogP contribution is 2.19. The Labute approximate surface area is 168 Å². The molecule has 152 valence electrons. The van der Waals surface area contributed by atoms with Crippen molar-refractivity contribution in [1.29, 1.82) is 0 Å². The van der Waals surface area contributed by atoms with Gasteiger partial charge in [-0.25, -0.2) is 4.79 Å². The normalized spacial score (nSPS) is 11.2. The standard InChI is InChI=1S/C22H22O7/c1-3-27-21(25)13-20(29-15(2)23)22(26)28-14-19(24)18-11-9-17(10-12-18)16-7-5-4-6-8-16/h4-12,20H,3,13-14H2,1-2H3/t20-/m0/s1. The smallest absolute Gasteiger partial charge is 0.348 e. The van der Waals surface area contributed by atoms with Gasteiger partial charge in [0.1, 0.15) is 0 Å². The highest BCUT2D eigenvalue weighted by molar-refractivity contribution is 5.98. The van der Waals surface area contributed by atoms with Crippen LogP contribution >= 0.6 is 0 Å². The molecule has 2 aromatic rings. The van der Waals surface area contributed by atoms with Crippen LogP contribution in [0.1, 0.15) is 30.6 Å². The third-order valence-electron chi connectivity index (χ3n) is 3.89. The van der Waals surface area contributed by atoms with Gasteiger partial charge < -0.3 is 14.2 Å². The average molecular weight is 398 g/mol. The van der Waals surface area contributed by atoms with Crippen LogP contribution in [0.25, 0.3) is 11.1 Å². The number of rotatable bonds is 9. The Morgan fingerprint density at radius 2 is 1.48 bits per heavy atom. The third-order valence-corrected chi connectivity index (χ3v) is 3.89. The lowest BCUT2D eigenvalue weighted by Gasteiger charge is -2.15. The van der Waals surface area contributed by atoms with Crippen LogP contribution in [0.3, 0.4) is 0 Å². The summed E-state index contributed by atoms with van der Waals surface area (Å²) < 4.78 is 14.5. The summed E-state index contributed by atoms with van der Waals surface area (Å²) in [4.78, 5) is 47.1. The molecule has 0 aliphatic rings. The predicted molar refractivity (Wildman–Crippen MR) is 104 cm³/mol. The summed E-state index contributed by atoms with van der Waals surface area (Å²) in [5.74, 6) is -2.87. The summed E-state index contributed by atoms with van der Waals surface area (Å²) in [6, 6.07) is 16.5. The SMILES string of the molecule is CCOC(=O)C[C@H](OC(C)=O)C(=O)OCC(=O)c1ccc(-c2ccccc2)cc1. The second kappa shape index (κ2) is 10.8. The van der Waals surface area contributed by atoms with Gasteiger partial charge in [0.25, 0.3) is 0 Å². The van der Waals surface area contributed by atoms with Crippen molar-refractivity contribution in [3.63, 3.8) is 0 Å². The van der Waals surface area contributed by atoms with Gasteiger partial charge in [0, 0.05) is 12.5 Å². The van der Waals surface area contributed by atoms with Crippen LogP contribution in [0.2, 0.25) is 0 Å². The molecular weight excluding hydrogens is 376 g/mol. The molecular formula is C22H22O7. The van der Waals surface area contributed by atoms with E-state index in [1.54, 1.807) is 31.2 Å². The van der Waals surface area contributed by atoms with Crippen LogP contribution in [0.5, 0.6) is 0 Å². The van der Waals surface area contributed by atoms with E-state index < -0.39 is 42.8 Å². The minimum absolute atomic E-state index is 0.123. The zero-order valence-corrected chi connectivity index (χ0v) is 16.3. The first-order chi connectivity index (χ1) is 13.9. The van der Waals surface area contributed by atoms with Gasteiger partial charge in [-0.3, -0.25) is 14.4 Å². The van der Waals surface area contributed by atoms with Gasteiger partial charge in [-0.05, 0) is 18.1 Å². The Hall–Kier alpha value is -3.48. The lowest BCUT2D eigenvalue weighted by Crippen LogP contribution is -2.32. The number of benzene rings is 2. The van der Waals surface area contributed by atoms with E-state index in [1.807, 2.05) is 30.3 Å². The van der Waals surface area contributed by atoms with Crippen LogP contribution in [0, 0.1) is 0 Å². The highest BCUT2D eigenvalue weighted by atomic mass is 16.6. The molecule has 7 nitrogen and oxygen atoms in total. The maximum absolute atomic E-state index is 12.3. The van der Waals surface area contributed by atoms with E-state index in [0.717, 1.165) is 18.1 Å². The summed E-state index contributed by atoms with van der Waals surface area (Å²) in [5.41, 5.74) is 2.33. The van der Waals surface area contributed by atoms with Gasteiger partial charge in [-0.15, -0.1) is 0 Å². The molecule has 0 bridgehead atoms. The van der Waals surface area contributed by atoms with Gasteiger partial charge in [0.15, 0.2) is 12.4 Å². The molecule has 0 saturated carbocycles. The Balaban J connectivity index is 1.96. The van der Waals surface area contributed by atoms with Crippen molar-refractivity contribution >= 4 is 23.7 Å². The zero-order valence-electron chi connectivity index (χ0n) is 16.3. The number of ether oxygens (including phenoxy) is 3. The van der Waals surface area contributed by atoms with Crippen molar-refractivity contribution in [1.82, 2.24) is 0 Å². The minimum atomic E-state index is -1.46. The number of carbonyl (C=O) groups excluding carboxylic acids is 4. The quantitative estimate of drug-likeness (QED) is 0.364. The highest BCUT2D eigenvalue weighted by Gasteiger charge is 2.28. The van der Waals surface area contributed by atoms with E-state index in [1.165, 1.54) is 0 Å². The maximum Gasteiger partial charge on any atom is 0.348 e. The van der Waals surface area contributed by atoms with Gasteiger partial charge in [-0.2, -0.15) is 0 Å². The molecule has 0 unspecified atom stereocenters. The molecule has 0 N–H and O–H groups in total. The van der Waals surface area contributed by atoms with Crippen molar-refractivity contribution in [2.75, 3.05) is 13.2 Å². The molecule has 29 heavy (non-hydrogen) atoms. The van der Waals surface area contributed by atoms with Gasteiger partial charge in [0.2, 0.25) is 6.10 Å². The van der Waals surface area contributed by atoms with Crippen LogP contribution in [-0.4, -0.2) is 43.0 Å². The predicted octanol–water partition coefficient (Wildman–Crippen LogP) is 2.96. The van der Waals surface area contributed by atoms with E-state index in [-0.39, 0.29) is 6.61 Å². The van der Waals surface area contributed by atoms with Crippen molar-refractivity contribution in [3.05, 3.63) is 60.2 Å². The molecule has 0 aliphatic heterocycles. The van der Waals surface area contributed by atoms with E-state index >= 15 is 0 Å². The van der Waals surface area contributed by atoms with Gasteiger partial charge in [0.05, 0.1) is 13.0 Å². The molecule has 0 aromatic heterocycles. The molecule has 0 aliphatic carbocycles. The van der Waals surface area contributed by atoms with Crippen LogP contribution < -0.4 is 0 Å². The van der Waals surface area contributed by atoms with Crippen LogP contribution in [-0.2, 0) is 28.6 Å². The number of esters is 3. The summed E-state index contributed by atoms with van der Waals surface area (Å²) in [6.07, 6.45) is -1.94. The Kier molecular flexibility index (Phi) is 8.09. The van der Waals surface area contributed by atoms with E-state index in [4.69, 9.17) is 14.2 Å². The first-order valence-corrected chi connectivity index (χ1v) is 9.09. The summed E-state index contributed by atoms with van der Waals surface area (Å²) in [6.45, 7) is 2.30. The third kappa shape index (κ3) is 6.88. The molecule has 0 radical (unpaired) electrons. The van der Waals surface area contributed by atoms with E-state index in [0.29, 0.717) is 5.56 Å². The lowest BCUT2D eigenvalue weighted by atomic mass is 10.0. The van der Waals surface area contributed by atoms with E-state index in [9.17, 15) is 19.2 Å². The maximum atomic E-state index is 12.3. The van der Waals surface area contributed by atoms with Crippen molar-refractivity contribution in [3.8, 4) is 11.1 Å². The molecule has 7 heteroatoms. The first-order valence-electron chi connectivity index (χ1n) is 9.09. The molecule has 0 fully saturated rings. The molecule has 2 rings (SSSR count). The largest absolute Gasteiger partial charge is 0.466 e. The molecule has 0 saturated heterocycles. The molecule has 1 atom stereocenters. The first kappa shape index (κ1) is 21.8. The van der Waals surface area contributed by atoms with Crippen molar-refractivity contribution < 1.29 is 33.4 Å². The fraction of sp³-hybridized carbons (Fsp3) is 0.273. The van der Waals surface area contributed by atoms with Crippen molar-refractivity contribution in [2.45, 2.75) is 26.4 Å². The monoisotopic (exact) mass is 398 g/mol. The van der Waals surface area contributed by atoms with E-state index in [2.05, 4.69) is 0 Å². The topological polar surface area (TPSA) is 96.0 Å². The second-order valence-corrected chi connectivity index (χ2v) is 6.08. The van der Waals surface area contributed by atoms with Gasteiger partial charge in [-0.1, -0.05) is 54.6 Å². The Morgan fingerprint density at radius 1 is 0.862 bits per heavy atom. The number of Topliss-reactive ketones (excluding diaryl/α,β-unsaturated/α-hetero) is 1. The molecule has 0 heterocycles. The molecule has 0 amide bonds. The number of hydrogen-bond donors (Lipinski definition) is 0. The lowest BCUT2D eigenvalue weighted by molar-refractivity contribution is -0.170.